The highest BCUT2D eigenvalue weighted by Crippen LogP contribution is 2.34. The van der Waals surface area contributed by atoms with Crippen molar-refractivity contribution in [1.82, 2.24) is 19.6 Å². The van der Waals surface area contributed by atoms with Crippen molar-refractivity contribution in [2.45, 2.75) is 65.5 Å². The molecule has 1 N–H and O–H groups in total. The fraction of sp³-hybridized carbons (Fsp3) is 0.361. The first kappa shape index (κ1) is 32.4. The second-order valence-corrected chi connectivity index (χ2v) is 12.0. The molecule has 236 valence electrons. The van der Waals surface area contributed by atoms with Gasteiger partial charge in [0.15, 0.2) is 5.69 Å². The Labute approximate surface area is 269 Å². The molecule has 7 nitrogen and oxygen atoms in total. The monoisotopic (exact) mass is 630 g/mol. The lowest BCUT2D eigenvalue weighted by Crippen LogP contribution is -2.46. The topological polar surface area (TPSA) is 78.7 Å². The number of carbonyl (C=O) groups is 2. The number of nitrogens with zero attached hydrogens (tertiary/aromatic N) is 4. The van der Waals surface area contributed by atoms with Gasteiger partial charge in [0.05, 0.1) is 28.9 Å². The van der Waals surface area contributed by atoms with Crippen LogP contribution < -0.4 is 0 Å². The molecule has 0 aliphatic carbocycles. The third kappa shape index (κ3) is 6.82. The highest BCUT2D eigenvalue weighted by molar-refractivity contribution is 6.33. The van der Waals surface area contributed by atoms with Crippen molar-refractivity contribution < 1.29 is 19.1 Å². The van der Waals surface area contributed by atoms with E-state index in [1.54, 1.807) is 46.0 Å². The zero-order valence-electron chi connectivity index (χ0n) is 26.1. The maximum absolute atomic E-state index is 14.5. The molecule has 0 fully saturated rings. The third-order valence-electron chi connectivity index (χ3n) is 8.50. The molecule has 0 saturated heterocycles. The number of amides is 2. The molecule has 2 amide bonds. The SMILES string of the molecule is CCCCN(CCCC)C(=O)c1cc(C)n(-c2ccc(-c3cccc(F)c3Cl)cc2C(=O)N2Cc3ccccc3C[C@H]2CO)n1. The smallest absolute Gasteiger partial charge is 0.274 e. The molecular weight excluding hydrogens is 591 g/mol. The minimum atomic E-state index is -0.555. The van der Waals surface area contributed by atoms with Gasteiger partial charge in [-0.3, -0.25) is 9.59 Å². The van der Waals surface area contributed by atoms with Crippen molar-refractivity contribution in [2.75, 3.05) is 19.7 Å². The molecule has 5 rings (SSSR count). The van der Waals surface area contributed by atoms with Gasteiger partial charge < -0.3 is 14.9 Å². The number of fused-ring (bicyclic) bond motifs is 1. The Hall–Kier alpha value is -4.01. The van der Waals surface area contributed by atoms with Crippen LogP contribution in [0, 0.1) is 12.7 Å². The number of hydrogen-bond donors (Lipinski definition) is 1. The number of benzene rings is 3. The van der Waals surface area contributed by atoms with Crippen LogP contribution in [0.3, 0.4) is 0 Å². The molecule has 1 atom stereocenters. The first-order valence-corrected chi connectivity index (χ1v) is 16.1. The van der Waals surface area contributed by atoms with E-state index in [1.807, 2.05) is 36.1 Å². The van der Waals surface area contributed by atoms with Crippen LogP contribution in [0.1, 0.15) is 77.2 Å². The molecule has 1 aromatic heterocycles. The average Bonchev–Trinajstić information content (AvgIpc) is 3.45. The number of halogens is 2. The third-order valence-corrected chi connectivity index (χ3v) is 8.89. The minimum Gasteiger partial charge on any atom is -0.394 e. The molecule has 4 aromatic rings. The van der Waals surface area contributed by atoms with Crippen molar-refractivity contribution in [1.29, 1.82) is 0 Å². The summed E-state index contributed by atoms with van der Waals surface area (Å²) in [7, 11) is 0. The van der Waals surface area contributed by atoms with Gasteiger partial charge in [-0.05, 0) is 67.1 Å². The fourth-order valence-corrected chi connectivity index (χ4v) is 6.16. The lowest BCUT2D eigenvalue weighted by molar-refractivity contribution is 0.0544. The number of rotatable bonds is 11. The van der Waals surface area contributed by atoms with E-state index >= 15 is 0 Å². The Kier molecular flexibility index (Phi) is 10.4. The predicted octanol–water partition coefficient (Wildman–Crippen LogP) is 7.24. The Bertz CT molecular complexity index is 1680. The second kappa shape index (κ2) is 14.4. The normalized spacial score (nSPS) is 14.4. The fourth-order valence-electron chi connectivity index (χ4n) is 5.93. The lowest BCUT2D eigenvalue weighted by Gasteiger charge is -2.36. The van der Waals surface area contributed by atoms with Crippen molar-refractivity contribution in [3.63, 3.8) is 0 Å². The molecule has 1 aliphatic rings. The molecule has 0 radical (unpaired) electrons. The van der Waals surface area contributed by atoms with Gasteiger partial charge >= 0.3 is 0 Å². The van der Waals surface area contributed by atoms with Crippen molar-refractivity contribution in [3.05, 3.63) is 106 Å². The van der Waals surface area contributed by atoms with Gasteiger partial charge in [-0.1, -0.05) is 80.8 Å². The number of hydrogen-bond acceptors (Lipinski definition) is 4. The summed E-state index contributed by atoms with van der Waals surface area (Å²) in [6.45, 7) is 7.50. The maximum Gasteiger partial charge on any atom is 0.274 e. The van der Waals surface area contributed by atoms with Crippen LogP contribution in [0.2, 0.25) is 5.02 Å². The van der Waals surface area contributed by atoms with E-state index < -0.39 is 11.9 Å². The Balaban J connectivity index is 1.60. The Morgan fingerprint density at radius 3 is 2.40 bits per heavy atom. The Morgan fingerprint density at radius 1 is 1.00 bits per heavy atom. The first-order valence-electron chi connectivity index (χ1n) is 15.7. The van der Waals surface area contributed by atoms with E-state index in [-0.39, 0.29) is 23.4 Å². The molecule has 2 heterocycles. The van der Waals surface area contributed by atoms with Gasteiger partial charge in [-0.15, -0.1) is 0 Å². The van der Waals surface area contributed by atoms with Crippen molar-refractivity contribution in [3.8, 4) is 16.8 Å². The van der Waals surface area contributed by atoms with Gasteiger partial charge in [0.2, 0.25) is 0 Å². The Morgan fingerprint density at radius 2 is 1.71 bits per heavy atom. The van der Waals surface area contributed by atoms with E-state index in [4.69, 9.17) is 16.7 Å². The van der Waals surface area contributed by atoms with Crippen LogP contribution >= 0.6 is 11.6 Å². The molecular formula is C36H40ClFN4O3. The second-order valence-electron chi connectivity index (χ2n) is 11.7. The van der Waals surface area contributed by atoms with Gasteiger partial charge in [0.1, 0.15) is 5.82 Å². The van der Waals surface area contributed by atoms with E-state index in [0.717, 1.165) is 36.8 Å². The lowest BCUT2D eigenvalue weighted by atomic mass is 9.93. The van der Waals surface area contributed by atoms with Gasteiger partial charge in [-0.2, -0.15) is 5.10 Å². The van der Waals surface area contributed by atoms with E-state index in [9.17, 15) is 19.1 Å². The highest BCUT2D eigenvalue weighted by Gasteiger charge is 2.32. The molecule has 1 aliphatic heterocycles. The number of unbranched alkanes of at least 4 members (excludes halogenated alkanes) is 2. The molecule has 0 spiro atoms. The first-order chi connectivity index (χ1) is 21.8. The van der Waals surface area contributed by atoms with Crippen LogP contribution in [-0.2, 0) is 13.0 Å². The number of aliphatic hydroxyl groups excluding tert-OH is 1. The summed E-state index contributed by atoms with van der Waals surface area (Å²) in [5.41, 5.74) is 4.94. The average molecular weight is 631 g/mol. The molecule has 0 bridgehead atoms. The van der Waals surface area contributed by atoms with Crippen LogP contribution in [0.15, 0.2) is 66.7 Å². The predicted molar refractivity (Wildman–Crippen MR) is 175 cm³/mol. The van der Waals surface area contributed by atoms with Crippen molar-refractivity contribution >= 4 is 23.4 Å². The summed E-state index contributed by atoms with van der Waals surface area (Å²) in [4.78, 5) is 31.7. The molecule has 45 heavy (non-hydrogen) atoms. The van der Waals surface area contributed by atoms with Crippen LogP contribution in [0.5, 0.6) is 0 Å². The zero-order chi connectivity index (χ0) is 32.1. The molecule has 9 heteroatoms. The quantitative estimate of drug-likeness (QED) is 0.189. The number of aliphatic hydroxyl groups is 1. The van der Waals surface area contributed by atoms with Gasteiger partial charge in [0.25, 0.3) is 11.8 Å². The van der Waals surface area contributed by atoms with Crippen LogP contribution in [0.4, 0.5) is 4.39 Å². The molecule has 0 saturated carbocycles. The van der Waals surface area contributed by atoms with E-state index in [2.05, 4.69) is 13.8 Å². The van der Waals surface area contributed by atoms with Gasteiger partial charge in [0, 0.05) is 30.9 Å². The summed E-state index contributed by atoms with van der Waals surface area (Å²) in [6, 6.07) is 19.1. The zero-order valence-corrected chi connectivity index (χ0v) is 26.9. The summed E-state index contributed by atoms with van der Waals surface area (Å²) in [6.07, 6.45) is 4.29. The molecule has 3 aromatic carbocycles. The summed E-state index contributed by atoms with van der Waals surface area (Å²) >= 11 is 6.37. The van der Waals surface area contributed by atoms with E-state index in [0.29, 0.717) is 59.8 Å². The largest absolute Gasteiger partial charge is 0.394 e. The highest BCUT2D eigenvalue weighted by atomic mass is 35.5. The van der Waals surface area contributed by atoms with Crippen LogP contribution in [0.25, 0.3) is 16.8 Å². The molecule has 0 unspecified atom stereocenters. The van der Waals surface area contributed by atoms with E-state index in [1.165, 1.54) is 6.07 Å². The van der Waals surface area contributed by atoms with Crippen molar-refractivity contribution in [2.24, 2.45) is 0 Å². The maximum atomic E-state index is 14.5. The van der Waals surface area contributed by atoms with Gasteiger partial charge in [-0.25, -0.2) is 9.07 Å². The summed E-state index contributed by atoms with van der Waals surface area (Å²) in [5, 5.41) is 15.0. The standard InChI is InChI=1S/C36H40ClFN4O3/c1-4-6-17-40(18-7-5-2)36(45)32-19-24(3)42(39-32)33-16-15-26(29-13-10-14-31(38)34(29)37)21-30(33)35(44)41-22-27-12-9-8-11-25(27)20-28(41)23-43/h8-16,19,21,28,43H,4-7,17-18,20,22-23H2,1-3H3/t28-/m0/s1. The minimum absolute atomic E-state index is 0.0359. The number of aromatic nitrogens is 2. The number of carbonyl (C=O) groups excluding carboxylic acids is 2. The number of aryl methyl sites for hydroxylation is 1. The summed E-state index contributed by atoms with van der Waals surface area (Å²) < 4.78 is 16.1. The van der Waals surface area contributed by atoms with Crippen LogP contribution in [-0.4, -0.2) is 62.2 Å². The summed E-state index contributed by atoms with van der Waals surface area (Å²) in [5.74, 6) is -0.994.